The number of nitrogens with zero attached hydrogens (tertiary/aromatic N) is 4. The summed E-state index contributed by atoms with van der Waals surface area (Å²) in [5.41, 5.74) is 5.31. The van der Waals surface area contributed by atoms with Crippen LogP contribution < -0.4 is 5.32 Å². The van der Waals surface area contributed by atoms with Crippen LogP contribution >= 0.6 is 0 Å². The second kappa shape index (κ2) is 10.9. The zero-order valence-electron chi connectivity index (χ0n) is 16.8. The Kier molecular flexibility index (Phi) is 7.66. The van der Waals surface area contributed by atoms with Crippen LogP contribution in [0.15, 0.2) is 84.9 Å². The van der Waals surface area contributed by atoms with Gasteiger partial charge in [-0.3, -0.25) is 9.98 Å². The molecule has 0 amide bonds. The van der Waals surface area contributed by atoms with E-state index in [2.05, 4.69) is 61.8 Å². The van der Waals surface area contributed by atoms with E-state index in [1.54, 1.807) is 12.3 Å². The molecule has 0 fully saturated rings. The molecule has 0 saturated heterocycles. The van der Waals surface area contributed by atoms with Crippen molar-refractivity contribution in [2.45, 2.75) is 26.4 Å². The molecule has 1 aromatic carbocycles. The molecule has 0 spiro atoms. The first-order chi connectivity index (χ1) is 14.3. The van der Waals surface area contributed by atoms with Gasteiger partial charge in [-0.15, -0.1) is 0 Å². The Morgan fingerprint density at radius 1 is 1.14 bits per heavy atom. The Bertz CT molecular complexity index is 952. The van der Waals surface area contributed by atoms with Gasteiger partial charge in [0.05, 0.1) is 17.7 Å². The zero-order valence-corrected chi connectivity index (χ0v) is 16.8. The average molecular weight is 386 g/mol. The highest BCUT2D eigenvalue weighted by Crippen LogP contribution is 2.14. The Labute approximate surface area is 172 Å². The molecule has 5 heteroatoms. The summed E-state index contributed by atoms with van der Waals surface area (Å²) in [5, 5.41) is 3.49. The molecule has 0 bridgehead atoms. The molecule has 148 valence electrons. The third-order valence-electron chi connectivity index (χ3n) is 4.51. The maximum Gasteiger partial charge on any atom is 0.0951 e. The summed E-state index contributed by atoms with van der Waals surface area (Å²) in [5.74, 6) is 0. The lowest BCUT2D eigenvalue weighted by Gasteiger charge is -2.09. The maximum absolute atomic E-state index is 4.52. The lowest BCUT2D eigenvalue weighted by Crippen LogP contribution is -2.18. The molecule has 0 atom stereocenters. The van der Waals surface area contributed by atoms with Gasteiger partial charge in [-0.25, -0.2) is 4.98 Å². The number of hydrogen-bond acceptors (Lipinski definition) is 4. The second-order valence-electron chi connectivity index (χ2n) is 6.65. The van der Waals surface area contributed by atoms with Crippen LogP contribution in [0.1, 0.15) is 29.4 Å². The number of rotatable bonds is 10. The van der Waals surface area contributed by atoms with Crippen molar-refractivity contribution in [1.29, 1.82) is 0 Å². The maximum atomic E-state index is 4.52. The predicted octanol–water partition coefficient (Wildman–Crippen LogP) is 4.28. The van der Waals surface area contributed by atoms with E-state index in [1.807, 2.05) is 43.9 Å². The van der Waals surface area contributed by atoms with Crippen molar-refractivity contribution in [3.05, 3.63) is 102 Å². The number of aliphatic imine (C=N–C) groups is 1. The lowest BCUT2D eigenvalue weighted by molar-refractivity contribution is 0.651. The molecule has 0 aliphatic carbocycles. The van der Waals surface area contributed by atoms with Gasteiger partial charge in [-0.1, -0.05) is 49.1 Å². The molecule has 1 N–H and O–H groups in total. The number of allylic oxidation sites excluding steroid dienone is 2. The fourth-order valence-corrected chi connectivity index (χ4v) is 3.05. The third-order valence-corrected chi connectivity index (χ3v) is 4.51. The molecular weight excluding hydrogens is 358 g/mol. The molecule has 0 saturated carbocycles. The summed E-state index contributed by atoms with van der Waals surface area (Å²) in [4.78, 5) is 13.2. The SMILES string of the molecule is C=C/C=C(\N=CC)c1ccc(CNCCc2cncn2Cc2ccccc2)cn1. The van der Waals surface area contributed by atoms with Crippen LogP contribution in [0.4, 0.5) is 0 Å². The molecule has 5 nitrogen and oxygen atoms in total. The Morgan fingerprint density at radius 3 is 2.72 bits per heavy atom. The Balaban J connectivity index is 1.49. The molecule has 0 aliphatic rings. The van der Waals surface area contributed by atoms with Crippen molar-refractivity contribution in [2.75, 3.05) is 6.54 Å². The molecule has 0 radical (unpaired) electrons. The molecule has 2 aromatic heterocycles. The standard InChI is InChI=1S/C24H27N5/c1-3-8-23(27-4-2)24-12-11-21(16-28-24)15-25-14-13-22-17-26-19-29(22)18-20-9-6-5-7-10-20/h3-12,16-17,19,25H,1,13-15,18H2,2H3/b23-8-,27-4?. The van der Waals surface area contributed by atoms with E-state index in [4.69, 9.17) is 0 Å². The van der Waals surface area contributed by atoms with Crippen LogP contribution in [0.5, 0.6) is 0 Å². The van der Waals surface area contributed by atoms with Gasteiger partial charge in [0.15, 0.2) is 0 Å². The highest BCUT2D eigenvalue weighted by atomic mass is 15.0. The fraction of sp³-hybridized carbons (Fsp3) is 0.208. The molecule has 0 unspecified atom stereocenters. The van der Waals surface area contributed by atoms with E-state index in [0.29, 0.717) is 0 Å². The minimum atomic E-state index is 0.775. The summed E-state index contributed by atoms with van der Waals surface area (Å²) in [6, 6.07) is 14.5. The molecule has 0 aliphatic heterocycles. The van der Waals surface area contributed by atoms with E-state index < -0.39 is 0 Å². The van der Waals surface area contributed by atoms with Crippen LogP contribution in [0.25, 0.3) is 5.70 Å². The van der Waals surface area contributed by atoms with Crippen molar-refractivity contribution in [3.8, 4) is 0 Å². The topological polar surface area (TPSA) is 55.1 Å². The number of pyridine rings is 1. The van der Waals surface area contributed by atoms with Crippen LogP contribution in [0.2, 0.25) is 0 Å². The molecule has 3 rings (SSSR count). The van der Waals surface area contributed by atoms with Gasteiger partial charge in [0.1, 0.15) is 0 Å². The van der Waals surface area contributed by atoms with Gasteiger partial charge in [-0.05, 0) is 30.2 Å². The Morgan fingerprint density at radius 2 is 2.00 bits per heavy atom. The van der Waals surface area contributed by atoms with Crippen LogP contribution in [0.3, 0.4) is 0 Å². The summed E-state index contributed by atoms with van der Waals surface area (Å²) in [7, 11) is 0. The fourth-order valence-electron chi connectivity index (χ4n) is 3.05. The van der Waals surface area contributed by atoms with E-state index in [0.717, 1.165) is 43.0 Å². The molecular formula is C24H27N5. The molecule has 29 heavy (non-hydrogen) atoms. The van der Waals surface area contributed by atoms with Gasteiger partial charge in [0.25, 0.3) is 0 Å². The first-order valence-electron chi connectivity index (χ1n) is 9.80. The monoisotopic (exact) mass is 385 g/mol. The number of benzene rings is 1. The first kappa shape index (κ1) is 20.4. The van der Waals surface area contributed by atoms with Gasteiger partial charge in [-0.2, -0.15) is 0 Å². The normalized spacial score (nSPS) is 11.8. The smallest absolute Gasteiger partial charge is 0.0951 e. The van der Waals surface area contributed by atoms with E-state index in [1.165, 1.54) is 11.3 Å². The van der Waals surface area contributed by atoms with E-state index in [-0.39, 0.29) is 0 Å². The number of imidazole rings is 1. The van der Waals surface area contributed by atoms with Gasteiger partial charge >= 0.3 is 0 Å². The third kappa shape index (κ3) is 6.09. The molecule has 3 aromatic rings. The van der Waals surface area contributed by atoms with Crippen molar-refractivity contribution in [3.63, 3.8) is 0 Å². The van der Waals surface area contributed by atoms with Crippen molar-refractivity contribution >= 4 is 11.9 Å². The highest BCUT2D eigenvalue weighted by molar-refractivity contribution is 5.71. The quantitative estimate of drug-likeness (QED) is 0.322. The molecule has 2 heterocycles. The van der Waals surface area contributed by atoms with E-state index in [9.17, 15) is 0 Å². The number of nitrogens with one attached hydrogen (secondary N) is 1. The van der Waals surface area contributed by atoms with Gasteiger partial charge < -0.3 is 9.88 Å². The van der Waals surface area contributed by atoms with Crippen LogP contribution in [0, 0.1) is 0 Å². The average Bonchev–Trinajstić information content (AvgIpc) is 3.19. The van der Waals surface area contributed by atoms with Crippen LogP contribution in [-0.2, 0) is 19.5 Å². The summed E-state index contributed by atoms with van der Waals surface area (Å²) in [6.07, 6.45) is 12.0. The summed E-state index contributed by atoms with van der Waals surface area (Å²) >= 11 is 0. The lowest BCUT2D eigenvalue weighted by atomic mass is 10.2. The van der Waals surface area contributed by atoms with Gasteiger partial charge in [0.2, 0.25) is 0 Å². The second-order valence-corrected chi connectivity index (χ2v) is 6.65. The Hall–Kier alpha value is -3.31. The highest BCUT2D eigenvalue weighted by Gasteiger charge is 2.04. The largest absolute Gasteiger partial charge is 0.330 e. The zero-order chi connectivity index (χ0) is 20.3. The number of aromatic nitrogens is 3. The van der Waals surface area contributed by atoms with Crippen molar-refractivity contribution in [1.82, 2.24) is 19.9 Å². The van der Waals surface area contributed by atoms with Crippen molar-refractivity contribution < 1.29 is 0 Å². The predicted molar refractivity (Wildman–Crippen MR) is 120 cm³/mol. The van der Waals surface area contributed by atoms with Gasteiger partial charge in [0, 0.05) is 50.4 Å². The van der Waals surface area contributed by atoms with Crippen molar-refractivity contribution in [2.24, 2.45) is 4.99 Å². The minimum absolute atomic E-state index is 0.775. The minimum Gasteiger partial charge on any atom is -0.330 e. The number of hydrogen-bond donors (Lipinski definition) is 1. The summed E-state index contributed by atoms with van der Waals surface area (Å²) < 4.78 is 2.20. The first-order valence-corrected chi connectivity index (χ1v) is 9.80. The van der Waals surface area contributed by atoms with E-state index >= 15 is 0 Å². The summed E-state index contributed by atoms with van der Waals surface area (Å²) in [6.45, 7) is 8.13. The van der Waals surface area contributed by atoms with Crippen LogP contribution in [-0.4, -0.2) is 27.3 Å².